The van der Waals surface area contributed by atoms with Crippen LogP contribution in [0.5, 0.6) is 0 Å². The van der Waals surface area contributed by atoms with E-state index in [4.69, 9.17) is 5.11 Å². The maximum Gasteiger partial charge on any atom is 0.224 e. The highest BCUT2D eigenvalue weighted by Crippen LogP contribution is 2.22. The van der Waals surface area contributed by atoms with Crippen LogP contribution in [0.25, 0.3) is 10.9 Å². The van der Waals surface area contributed by atoms with Crippen molar-refractivity contribution in [3.63, 3.8) is 0 Å². The van der Waals surface area contributed by atoms with Crippen LogP contribution in [0, 0.1) is 12.8 Å². The summed E-state index contributed by atoms with van der Waals surface area (Å²) in [6.07, 6.45) is 3.40. The highest BCUT2D eigenvalue weighted by atomic mass is 16.3. The molecule has 24 heavy (non-hydrogen) atoms. The van der Waals surface area contributed by atoms with Crippen LogP contribution in [0.1, 0.15) is 24.8 Å². The summed E-state index contributed by atoms with van der Waals surface area (Å²) in [5, 5.41) is 19.9. The average Bonchev–Trinajstić information content (AvgIpc) is 3.01. The number of amides is 1. The van der Waals surface area contributed by atoms with Crippen molar-refractivity contribution in [2.75, 3.05) is 19.7 Å². The number of aromatic nitrogens is 1. The predicted molar refractivity (Wildman–Crippen MR) is 93.7 cm³/mol. The molecule has 1 saturated heterocycles. The molecule has 1 atom stereocenters. The van der Waals surface area contributed by atoms with Gasteiger partial charge >= 0.3 is 0 Å². The van der Waals surface area contributed by atoms with Gasteiger partial charge in [0.05, 0.1) is 12.7 Å². The number of fused-ring (bicyclic) bond motifs is 1. The molecule has 1 aromatic carbocycles. The zero-order valence-electron chi connectivity index (χ0n) is 14.2. The minimum Gasteiger partial charge on any atom is -0.394 e. The second kappa shape index (κ2) is 7.36. The maximum absolute atomic E-state index is 12.4. The Labute approximate surface area is 142 Å². The molecule has 0 saturated carbocycles. The number of carbonyl (C=O) groups excluding carboxylic acids is 1. The van der Waals surface area contributed by atoms with Crippen LogP contribution in [0.3, 0.4) is 0 Å². The van der Waals surface area contributed by atoms with E-state index >= 15 is 0 Å². The number of aliphatic hydroxyl groups excluding tert-OH is 2. The van der Waals surface area contributed by atoms with Crippen LogP contribution in [-0.2, 0) is 11.3 Å². The van der Waals surface area contributed by atoms with E-state index in [2.05, 4.69) is 35.8 Å². The molecule has 2 N–H and O–H groups in total. The number of rotatable bonds is 5. The van der Waals surface area contributed by atoms with Gasteiger partial charge in [-0.3, -0.25) is 4.79 Å². The van der Waals surface area contributed by atoms with E-state index in [1.165, 1.54) is 10.9 Å². The average molecular weight is 330 g/mol. The topological polar surface area (TPSA) is 65.7 Å². The zero-order valence-corrected chi connectivity index (χ0v) is 14.2. The largest absolute Gasteiger partial charge is 0.394 e. The monoisotopic (exact) mass is 330 g/mol. The molecule has 0 radical (unpaired) electrons. The van der Waals surface area contributed by atoms with Gasteiger partial charge in [0.15, 0.2) is 0 Å². The Bertz CT molecular complexity index is 702. The van der Waals surface area contributed by atoms with E-state index in [-0.39, 0.29) is 18.4 Å². The minimum atomic E-state index is -0.656. The number of likely N-dealkylation sites (tertiary alicyclic amines) is 1. The van der Waals surface area contributed by atoms with Gasteiger partial charge < -0.3 is 19.7 Å². The Morgan fingerprint density at radius 1 is 1.29 bits per heavy atom. The Balaban J connectivity index is 1.54. The second-order valence-electron chi connectivity index (χ2n) is 6.79. The highest BCUT2D eigenvalue weighted by Gasteiger charge is 2.26. The van der Waals surface area contributed by atoms with Crippen molar-refractivity contribution in [1.82, 2.24) is 9.47 Å². The van der Waals surface area contributed by atoms with Gasteiger partial charge in [0.25, 0.3) is 0 Å². The first-order valence-corrected chi connectivity index (χ1v) is 8.70. The summed E-state index contributed by atoms with van der Waals surface area (Å²) in [4.78, 5) is 14.3. The molecule has 3 rings (SSSR count). The van der Waals surface area contributed by atoms with Crippen LogP contribution < -0.4 is 0 Å². The van der Waals surface area contributed by atoms with Crippen molar-refractivity contribution in [2.24, 2.45) is 5.92 Å². The molecule has 1 aliphatic rings. The Kier molecular flexibility index (Phi) is 5.21. The number of aliphatic hydroxyl groups is 2. The van der Waals surface area contributed by atoms with Crippen molar-refractivity contribution >= 4 is 16.8 Å². The first-order chi connectivity index (χ1) is 11.6. The molecular weight excluding hydrogens is 304 g/mol. The fraction of sp³-hybridized carbons (Fsp3) is 0.526. The maximum atomic E-state index is 12.4. The number of benzene rings is 1. The zero-order chi connectivity index (χ0) is 17.1. The third-order valence-corrected chi connectivity index (χ3v) is 5.12. The quantitative estimate of drug-likeness (QED) is 0.880. The molecule has 5 nitrogen and oxygen atoms in total. The van der Waals surface area contributed by atoms with Gasteiger partial charge in [-0.25, -0.2) is 0 Å². The molecule has 2 aromatic rings. The first-order valence-electron chi connectivity index (χ1n) is 8.70. The fourth-order valence-corrected chi connectivity index (χ4v) is 3.57. The van der Waals surface area contributed by atoms with Crippen LogP contribution in [0.2, 0.25) is 0 Å². The lowest BCUT2D eigenvalue weighted by molar-refractivity contribution is -0.133. The van der Waals surface area contributed by atoms with Crippen molar-refractivity contribution < 1.29 is 15.0 Å². The minimum absolute atomic E-state index is 0.107. The van der Waals surface area contributed by atoms with Crippen LogP contribution in [0.15, 0.2) is 30.5 Å². The summed E-state index contributed by atoms with van der Waals surface area (Å²) >= 11 is 0. The standard InChI is InChI=1S/C19H26N2O3/c1-14-2-3-17-16(12-14)6-8-20(17)11-7-19(24)21-9-4-15(5-10-21)18(23)13-22/h2-3,6,8,12,15,18,22-23H,4-5,7,9-11,13H2,1H3. The van der Waals surface area contributed by atoms with E-state index in [1.807, 2.05) is 11.1 Å². The third-order valence-electron chi connectivity index (χ3n) is 5.12. The van der Waals surface area contributed by atoms with Crippen LogP contribution >= 0.6 is 0 Å². The molecule has 130 valence electrons. The van der Waals surface area contributed by atoms with Gasteiger partial charge in [0.2, 0.25) is 5.91 Å². The summed E-state index contributed by atoms with van der Waals surface area (Å²) in [7, 11) is 0. The number of carbonyl (C=O) groups is 1. The van der Waals surface area contributed by atoms with Gasteiger partial charge in [0, 0.05) is 37.8 Å². The SMILES string of the molecule is Cc1ccc2c(ccn2CCC(=O)N2CCC(C(O)CO)CC2)c1. The van der Waals surface area contributed by atoms with Crippen molar-refractivity contribution in [2.45, 2.75) is 38.8 Å². The summed E-state index contributed by atoms with van der Waals surface area (Å²) in [5.41, 5.74) is 2.41. The molecule has 2 heterocycles. The van der Waals surface area contributed by atoms with Crippen molar-refractivity contribution in [3.8, 4) is 0 Å². The van der Waals surface area contributed by atoms with E-state index < -0.39 is 6.10 Å². The molecule has 1 aliphatic heterocycles. The molecule has 1 amide bonds. The van der Waals surface area contributed by atoms with Crippen molar-refractivity contribution in [3.05, 3.63) is 36.0 Å². The van der Waals surface area contributed by atoms with Gasteiger partial charge in [-0.2, -0.15) is 0 Å². The Morgan fingerprint density at radius 2 is 2.04 bits per heavy atom. The van der Waals surface area contributed by atoms with Gasteiger partial charge in [0.1, 0.15) is 0 Å². The molecule has 0 bridgehead atoms. The first kappa shape index (κ1) is 17.0. The Morgan fingerprint density at radius 3 is 2.75 bits per heavy atom. The van der Waals surface area contributed by atoms with Crippen LogP contribution in [0.4, 0.5) is 0 Å². The number of hydrogen-bond acceptors (Lipinski definition) is 3. The smallest absolute Gasteiger partial charge is 0.224 e. The number of piperidine rings is 1. The number of aryl methyl sites for hydroxylation is 2. The summed E-state index contributed by atoms with van der Waals surface area (Å²) in [6.45, 7) is 3.92. The molecule has 0 aliphatic carbocycles. The van der Waals surface area contributed by atoms with Gasteiger partial charge in [-0.05, 0) is 49.3 Å². The molecule has 0 spiro atoms. The predicted octanol–water partition coefficient (Wildman–Crippen LogP) is 1.93. The molecule has 5 heteroatoms. The third kappa shape index (κ3) is 3.62. The lowest BCUT2D eigenvalue weighted by Gasteiger charge is -2.33. The Hall–Kier alpha value is -1.85. The van der Waals surface area contributed by atoms with E-state index in [0.717, 1.165) is 18.4 Å². The highest BCUT2D eigenvalue weighted by molar-refractivity contribution is 5.81. The number of nitrogens with zero attached hydrogens (tertiary/aromatic N) is 2. The fourth-order valence-electron chi connectivity index (χ4n) is 3.57. The van der Waals surface area contributed by atoms with E-state index in [9.17, 15) is 9.90 Å². The lowest BCUT2D eigenvalue weighted by Crippen LogP contribution is -2.42. The van der Waals surface area contributed by atoms with Gasteiger partial charge in [-0.15, -0.1) is 0 Å². The summed E-state index contributed by atoms with van der Waals surface area (Å²) in [6, 6.07) is 8.45. The molecule has 1 aromatic heterocycles. The molecule has 1 fully saturated rings. The van der Waals surface area contributed by atoms with Gasteiger partial charge in [-0.1, -0.05) is 11.6 Å². The lowest BCUT2D eigenvalue weighted by atomic mass is 9.91. The summed E-state index contributed by atoms with van der Waals surface area (Å²) in [5.74, 6) is 0.275. The normalized spacial score (nSPS) is 17.4. The summed E-state index contributed by atoms with van der Waals surface area (Å²) < 4.78 is 2.13. The second-order valence-corrected chi connectivity index (χ2v) is 6.79. The van der Waals surface area contributed by atoms with E-state index in [1.54, 1.807) is 0 Å². The van der Waals surface area contributed by atoms with Crippen molar-refractivity contribution in [1.29, 1.82) is 0 Å². The molecule has 1 unspecified atom stereocenters. The molecular formula is C19H26N2O3. The van der Waals surface area contributed by atoms with Crippen LogP contribution in [-0.4, -0.2) is 51.4 Å². The number of hydrogen-bond donors (Lipinski definition) is 2. The van der Waals surface area contributed by atoms with E-state index in [0.29, 0.717) is 26.1 Å².